The highest BCUT2D eigenvalue weighted by atomic mass is 16.3. The number of nitrogens with one attached hydrogen (secondary N) is 1. The topological polar surface area (TPSA) is 94.4 Å². The number of hydrogen-bond acceptors (Lipinski definition) is 5. The van der Waals surface area contributed by atoms with E-state index in [1.807, 2.05) is 35.8 Å². The van der Waals surface area contributed by atoms with Crippen molar-refractivity contribution in [3.05, 3.63) is 88.8 Å². The molecule has 0 atom stereocenters. The van der Waals surface area contributed by atoms with E-state index in [0.29, 0.717) is 40.4 Å². The molecular formula is C24H21N5O3. The van der Waals surface area contributed by atoms with Crippen molar-refractivity contribution in [2.24, 2.45) is 0 Å². The third kappa shape index (κ3) is 3.35. The van der Waals surface area contributed by atoms with Crippen LogP contribution in [0, 0.1) is 0 Å². The fraction of sp³-hybridized carbons (Fsp3) is 0.167. The van der Waals surface area contributed by atoms with Crippen molar-refractivity contribution < 1.29 is 9.21 Å². The van der Waals surface area contributed by atoms with E-state index in [0.717, 1.165) is 12.0 Å². The van der Waals surface area contributed by atoms with Gasteiger partial charge in [0.1, 0.15) is 22.7 Å². The van der Waals surface area contributed by atoms with Crippen LogP contribution in [0.3, 0.4) is 0 Å². The minimum Gasteiger partial charge on any atom is -0.463 e. The van der Waals surface area contributed by atoms with Crippen molar-refractivity contribution in [2.75, 3.05) is 0 Å². The molecule has 0 bridgehead atoms. The summed E-state index contributed by atoms with van der Waals surface area (Å²) in [6.07, 6.45) is 5.75. The van der Waals surface area contributed by atoms with Gasteiger partial charge in [-0.15, -0.1) is 0 Å². The standard InChI is InChI=1S/C24H21N5O3/c1-2-11-28-18(14-17-22(28)27-20-9-3-4-12-29(20)24(17)31)23(30)26-15-16-7-5-10-25-21(16)19-8-6-13-32-19/h3-10,12-14H,2,11,15H2,1H3,(H,26,30). The first-order chi connectivity index (χ1) is 15.7. The zero-order valence-electron chi connectivity index (χ0n) is 17.5. The Morgan fingerprint density at radius 2 is 2.06 bits per heavy atom. The average molecular weight is 427 g/mol. The molecule has 5 aromatic heterocycles. The van der Waals surface area contributed by atoms with Crippen LogP contribution in [-0.2, 0) is 13.1 Å². The van der Waals surface area contributed by atoms with E-state index in [2.05, 4.69) is 15.3 Å². The van der Waals surface area contributed by atoms with Crippen LogP contribution >= 0.6 is 0 Å². The Labute approximate surface area is 183 Å². The monoisotopic (exact) mass is 427 g/mol. The number of fused-ring (bicyclic) bond motifs is 2. The van der Waals surface area contributed by atoms with Crippen molar-refractivity contribution >= 4 is 22.6 Å². The third-order valence-corrected chi connectivity index (χ3v) is 5.34. The molecule has 160 valence electrons. The van der Waals surface area contributed by atoms with Crippen molar-refractivity contribution in [2.45, 2.75) is 26.4 Å². The van der Waals surface area contributed by atoms with Crippen LogP contribution in [0.2, 0.25) is 0 Å². The van der Waals surface area contributed by atoms with Gasteiger partial charge in [0, 0.05) is 31.0 Å². The van der Waals surface area contributed by atoms with Gasteiger partial charge in [-0.2, -0.15) is 0 Å². The lowest BCUT2D eigenvalue weighted by atomic mass is 10.1. The van der Waals surface area contributed by atoms with Gasteiger partial charge in [0.05, 0.1) is 11.6 Å². The minimum atomic E-state index is -0.279. The van der Waals surface area contributed by atoms with Crippen LogP contribution in [0.5, 0.6) is 0 Å². The molecular weight excluding hydrogens is 406 g/mol. The van der Waals surface area contributed by atoms with Gasteiger partial charge >= 0.3 is 0 Å². The molecule has 0 aliphatic carbocycles. The number of amides is 1. The number of hydrogen-bond donors (Lipinski definition) is 1. The van der Waals surface area contributed by atoms with Crippen LogP contribution in [0.4, 0.5) is 0 Å². The Hall–Kier alpha value is -4.20. The van der Waals surface area contributed by atoms with E-state index in [-0.39, 0.29) is 18.0 Å². The van der Waals surface area contributed by atoms with Crippen LogP contribution in [0.1, 0.15) is 29.4 Å². The summed E-state index contributed by atoms with van der Waals surface area (Å²) in [6, 6.07) is 14.4. The first-order valence-corrected chi connectivity index (χ1v) is 10.4. The Morgan fingerprint density at radius 3 is 2.88 bits per heavy atom. The molecule has 0 aliphatic heterocycles. The molecule has 1 amide bonds. The molecule has 0 radical (unpaired) electrons. The lowest BCUT2D eigenvalue weighted by Crippen LogP contribution is -2.26. The fourth-order valence-corrected chi connectivity index (χ4v) is 3.87. The van der Waals surface area contributed by atoms with Gasteiger partial charge in [0.25, 0.3) is 11.5 Å². The second-order valence-corrected chi connectivity index (χ2v) is 7.44. The van der Waals surface area contributed by atoms with E-state index in [4.69, 9.17) is 4.42 Å². The second-order valence-electron chi connectivity index (χ2n) is 7.44. The molecule has 0 aliphatic rings. The number of aromatic nitrogens is 4. The van der Waals surface area contributed by atoms with Crippen molar-refractivity contribution in [3.63, 3.8) is 0 Å². The molecule has 32 heavy (non-hydrogen) atoms. The predicted octanol–water partition coefficient (Wildman–Crippen LogP) is 3.64. The Morgan fingerprint density at radius 1 is 1.16 bits per heavy atom. The SMILES string of the molecule is CCCn1c(C(=O)NCc2cccnc2-c2ccco2)cc2c(=O)n3ccccc3nc21. The lowest BCUT2D eigenvalue weighted by Gasteiger charge is -2.11. The number of pyridine rings is 2. The van der Waals surface area contributed by atoms with Crippen LogP contribution in [0.25, 0.3) is 28.1 Å². The van der Waals surface area contributed by atoms with Gasteiger partial charge in [-0.1, -0.05) is 19.1 Å². The number of rotatable bonds is 6. The number of furan rings is 1. The summed E-state index contributed by atoms with van der Waals surface area (Å²) in [5.74, 6) is 0.359. The largest absolute Gasteiger partial charge is 0.463 e. The van der Waals surface area contributed by atoms with E-state index in [9.17, 15) is 9.59 Å². The highest BCUT2D eigenvalue weighted by Crippen LogP contribution is 2.22. The van der Waals surface area contributed by atoms with Crippen molar-refractivity contribution in [1.29, 1.82) is 0 Å². The number of nitrogens with zero attached hydrogens (tertiary/aromatic N) is 4. The molecule has 5 aromatic rings. The van der Waals surface area contributed by atoms with E-state index < -0.39 is 0 Å². The molecule has 1 N–H and O–H groups in total. The number of carbonyl (C=O) groups excluding carboxylic acids is 1. The summed E-state index contributed by atoms with van der Waals surface area (Å²) < 4.78 is 8.78. The van der Waals surface area contributed by atoms with Gasteiger partial charge in [-0.3, -0.25) is 19.0 Å². The molecule has 0 unspecified atom stereocenters. The van der Waals surface area contributed by atoms with Gasteiger partial charge in [-0.05, 0) is 42.8 Å². The first-order valence-electron chi connectivity index (χ1n) is 10.4. The normalized spacial score (nSPS) is 11.3. The Bertz CT molecular complexity index is 1480. The molecule has 8 heteroatoms. The van der Waals surface area contributed by atoms with Gasteiger partial charge in [0.2, 0.25) is 0 Å². The summed E-state index contributed by atoms with van der Waals surface area (Å²) in [5.41, 5.74) is 2.79. The first kappa shape index (κ1) is 19.7. The maximum Gasteiger partial charge on any atom is 0.268 e. The summed E-state index contributed by atoms with van der Waals surface area (Å²) in [5, 5.41) is 3.38. The van der Waals surface area contributed by atoms with Crippen LogP contribution in [0.15, 0.2) is 76.4 Å². The zero-order valence-corrected chi connectivity index (χ0v) is 17.5. The Balaban J connectivity index is 1.52. The highest BCUT2D eigenvalue weighted by molar-refractivity contribution is 5.98. The number of aryl methyl sites for hydroxylation is 1. The second kappa shape index (κ2) is 8.14. The maximum absolute atomic E-state index is 13.2. The quantitative estimate of drug-likeness (QED) is 0.446. The minimum absolute atomic E-state index is 0.193. The summed E-state index contributed by atoms with van der Waals surface area (Å²) >= 11 is 0. The van der Waals surface area contributed by atoms with Gasteiger partial charge < -0.3 is 14.3 Å². The smallest absolute Gasteiger partial charge is 0.268 e. The molecule has 0 saturated carbocycles. The zero-order chi connectivity index (χ0) is 22.1. The molecule has 0 saturated heterocycles. The molecule has 5 rings (SSSR count). The maximum atomic E-state index is 13.2. The fourth-order valence-electron chi connectivity index (χ4n) is 3.87. The highest BCUT2D eigenvalue weighted by Gasteiger charge is 2.20. The molecule has 0 aromatic carbocycles. The van der Waals surface area contributed by atoms with Gasteiger partial charge in [-0.25, -0.2) is 4.98 Å². The van der Waals surface area contributed by atoms with E-state index in [1.54, 1.807) is 42.9 Å². The van der Waals surface area contributed by atoms with Crippen LogP contribution in [-0.4, -0.2) is 24.8 Å². The molecule has 0 spiro atoms. The summed E-state index contributed by atoms with van der Waals surface area (Å²) in [7, 11) is 0. The lowest BCUT2D eigenvalue weighted by molar-refractivity contribution is 0.0942. The van der Waals surface area contributed by atoms with Crippen molar-refractivity contribution in [3.8, 4) is 11.5 Å². The Kier molecular flexibility index (Phi) is 5.03. The van der Waals surface area contributed by atoms with Crippen LogP contribution < -0.4 is 10.9 Å². The van der Waals surface area contributed by atoms with Crippen molar-refractivity contribution in [1.82, 2.24) is 24.3 Å². The summed E-state index contributed by atoms with van der Waals surface area (Å²) in [6.45, 7) is 2.86. The van der Waals surface area contributed by atoms with E-state index >= 15 is 0 Å². The average Bonchev–Trinajstić information content (AvgIpc) is 3.47. The van der Waals surface area contributed by atoms with Gasteiger partial charge in [0.15, 0.2) is 5.76 Å². The summed E-state index contributed by atoms with van der Waals surface area (Å²) in [4.78, 5) is 35.2. The molecule has 8 nitrogen and oxygen atoms in total. The third-order valence-electron chi connectivity index (χ3n) is 5.34. The predicted molar refractivity (Wildman–Crippen MR) is 120 cm³/mol. The molecule has 0 fully saturated rings. The number of carbonyl (C=O) groups is 1. The van der Waals surface area contributed by atoms with E-state index in [1.165, 1.54) is 4.40 Å². The molecule has 5 heterocycles.